The minimum Gasteiger partial charge on any atom is -0.756 e. The van der Waals surface area contributed by atoms with Crippen molar-refractivity contribution in [3.63, 3.8) is 0 Å². The Balaban J connectivity index is 4.04. The molecule has 0 aromatic heterocycles. The smallest absolute Gasteiger partial charge is 0.306 e. The van der Waals surface area contributed by atoms with Gasteiger partial charge in [-0.2, -0.15) is 0 Å². The number of phosphoric acid groups is 1. The highest BCUT2D eigenvalue weighted by Crippen LogP contribution is 2.38. The fourth-order valence-electron chi connectivity index (χ4n) is 9.94. The van der Waals surface area contributed by atoms with Gasteiger partial charge in [0.25, 0.3) is 7.82 Å². The van der Waals surface area contributed by atoms with Gasteiger partial charge >= 0.3 is 11.9 Å². The number of nitrogens with zero attached hydrogens (tertiary/aromatic N) is 1. The van der Waals surface area contributed by atoms with Gasteiger partial charge in [-0.05, 0) is 122 Å². The van der Waals surface area contributed by atoms with E-state index >= 15 is 0 Å². The molecule has 0 amide bonds. The first-order chi connectivity index (χ1) is 45.0. The number of phosphoric ester groups is 1. The predicted octanol–water partition coefficient (Wildman–Crippen LogP) is 24.1. The largest absolute Gasteiger partial charge is 0.756 e. The predicted molar refractivity (Wildman–Crippen MR) is 397 cm³/mol. The molecule has 92 heavy (non-hydrogen) atoms. The van der Waals surface area contributed by atoms with Gasteiger partial charge in [0.1, 0.15) is 19.8 Å². The van der Waals surface area contributed by atoms with Crippen LogP contribution < -0.4 is 4.89 Å². The maximum atomic E-state index is 12.9. The lowest BCUT2D eigenvalue weighted by Crippen LogP contribution is -2.37. The second-order valence-corrected chi connectivity index (χ2v) is 27.0. The van der Waals surface area contributed by atoms with Gasteiger partial charge in [-0.15, -0.1) is 0 Å². The summed E-state index contributed by atoms with van der Waals surface area (Å²) in [6, 6.07) is 0. The van der Waals surface area contributed by atoms with E-state index in [1.165, 1.54) is 135 Å². The number of unbranched alkanes of at least 4 members (excludes halogenated alkanes) is 27. The van der Waals surface area contributed by atoms with Gasteiger partial charge in [0, 0.05) is 12.8 Å². The molecule has 9 nitrogen and oxygen atoms in total. The average Bonchev–Trinajstić information content (AvgIpc) is 2.14. The van der Waals surface area contributed by atoms with Crippen LogP contribution in [0.15, 0.2) is 158 Å². The first kappa shape index (κ1) is 87.6. The van der Waals surface area contributed by atoms with Crippen LogP contribution in [0.2, 0.25) is 0 Å². The number of ether oxygens (including phenoxy) is 2. The van der Waals surface area contributed by atoms with E-state index in [0.29, 0.717) is 17.4 Å². The molecule has 0 aliphatic heterocycles. The van der Waals surface area contributed by atoms with E-state index in [1.807, 2.05) is 21.1 Å². The van der Waals surface area contributed by atoms with Gasteiger partial charge in [0.15, 0.2) is 6.10 Å². The summed E-state index contributed by atoms with van der Waals surface area (Å²) in [6.45, 7) is 3.99. The summed E-state index contributed by atoms with van der Waals surface area (Å²) in [5.74, 6) is -0.863. The number of allylic oxidation sites excluding steroid dienone is 26. The normalized spacial score (nSPS) is 14.0. The van der Waals surface area contributed by atoms with Gasteiger partial charge in [-0.25, -0.2) is 0 Å². The van der Waals surface area contributed by atoms with Crippen LogP contribution >= 0.6 is 7.82 Å². The van der Waals surface area contributed by atoms with Gasteiger partial charge in [-0.3, -0.25) is 14.2 Å². The van der Waals surface area contributed by atoms with Crippen LogP contribution in [-0.4, -0.2) is 70.0 Å². The van der Waals surface area contributed by atoms with Crippen molar-refractivity contribution in [2.45, 2.75) is 302 Å². The number of quaternary nitrogens is 1. The summed E-state index contributed by atoms with van der Waals surface area (Å²) < 4.78 is 34.3. The van der Waals surface area contributed by atoms with Crippen LogP contribution in [0.25, 0.3) is 0 Å². The zero-order valence-corrected chi connectivity index (χ0v) is 60.6. The first-order valence-electron chi connectivity index (χ1n) is 37.2. The van der Waals surface area contributed by atoms with Gasteiger partial charge in [-0.1, -0.05) is 320 Å². The minimum atomic E-state index is -4.66. The fraction of sp³-hybridized carbons (Fsp3) is 0.659. The molecule has 0 heterocycles. The Hall–Kier alpha value is -4.37. The number of hydrogen-bond acceptors (Lipinski definition) is 8. The fourth-order valence-corrected chi connectivity index (χ4v) is 10.7. The summed E-state index contributed by atoms with van der Waals surface area (Å²) in [7, 11) is 1.14. The number of rotatable bonds is 67. The Labute approximate surface area is 566 Å². The maximum Gasteiger partial charge on any atom is 0.306 e. The maximum absolute atomic E-state index is 12.9. The first-order valence-corrected chi connectivity index (χ1v) is 38.7. The number of hydrogen-bond donors (Lipinski definition) is 0. The SMILES string of the molecule is CC/C=C\C/C=C\C/C=C\C/C=C\C/C=C\C/C=C\C/C=C\C/C=C\CCCCCCC(=O)OC(COC(=O)CCCCCCCCCCCCCCCCCCCCCCCCC/C=C\C/C=C\C/C=C\C/C=C\C/C=C\CC)COP(=O)([O-])OCC[N+](C)(C)C. The van der Waals surface area contributed by atoms with Crippen molar-refractivity contribution in [3.05, 3.63) is 158 Å². The third-order valence-corrected chi connectivity index (χ3v) is 16.5. The Morgan fingerprint density at radius 2 is 0.587 bits per heavy atom. The van der Waals surface area contributed by atoms with E-state index in [4.69, 9.17) is 18.5 Å². The molecule has 0 rings (SSSR count). The lowest BCUT2D eigenvalue weighted by atomic mass is 10.0. The van der Waals surface area contributed by atoms with Crippen molar-refractivity contribution in [3.8, 4) is 0 Å². The molecule has 10 heteroatoms. The van der Waals surface area contributed by atoms with Crippen molar-refractivity contribution in [2.24, 2.45) is 0 Å². The molecule has 0 aromatic rings. The molecule has 0 aliphatic carbocycles. The second-order valence-electron chi connectivity index (χ2n) is 25.5. The van der Waals surface area contributed by atoms with Crippen molar-refractivity contribution in [1.82, 2.24) is 0 Å². The minimum absolute atomic E-state index is 0.0426. The van der Waals surface area contributed by atoms with E-state index in [0.717, 1.165) is 128 Å². The van der Waals surface area contributed by atoms with Crippen molar-refractivity contribution in [2.75, 3.05) is 47.5 Å². The number of carbonyl (C=O) groups excluding carboxylic acids is 2. The zero-order valence-electron chi connectivity index (χ0n) is 59.7. The average molecular weight is 1300 g/mol. The lowest BCUT2D eigenvalue weighted by molar-refractivity contribution is -0.870. The van der Waals surface area contributed by atoms with E-state index in [9.17, 15) is 19.0 Å². The second kappa shape index (κ2) is 70.9. The highest BCUT2D eigenvalue weighted by molar-refractivity contribution is 7.45. The molecule has 0 saturated heterocycles. The van der Waals surface area contributed by atoms with Crippen molar-refractivity contribution >= 4 is 19.8 Å². The molecular formula is C82H138NO8P. The van der Waals surface area contributed by atoms with Crippen LogP contribution in [-0.2, 0) is 32.7 Å². The van der Waals surface area contributed by atoms with Crippen molar-refractivity contribution < 1.29 is 42.1 Å². The zero-order chi connectivity index (χ0) is 66.9. The quantitative estimate of drug-likeness (QED) is 0.0195. The van der Waals surface area contributed by atoms with Crippen LogP contribution in [0.5, 0.6) is 0 Å². The summed E-state index contributed by atoms with van der Waals surface area (Å²) >= 11 is 0. The highest BCUT2D eigenvalue weighted by Gasteiger charge is 2.22. The number of likely N-dealkylation sites (N-methyl/N-ethyl adjacent to an activating group) is 1. The molecule has 0 aromatic carbocycles. The molecule has 2 unspecified atom stereocenters. The van der Waals surface area contributed by atoms with Crippen LogP contribution in [0, 0.1) is 0 Å². The monoisotopic (exact) mass is 1300 g/mol. The molecule has 0 saturated carbocycles. The summed E-state index contributed by atoms with van der Waals surface area (Å²) in [6.07, 6.45) is 106. The molecule has 0 spiro atoms. The Kier molecular flexibility index (Phi) is 67.6. The summed E-state index contributed by atoms with van der Waals surface area (Å²) in [5, 5.41) is 0. The van der Waals surface area contributed by atoms with Gasteiger partial charge in [0.2, 0.25) is 0 Å². The number of esters is 2. The summed E-state index contributed by atoms with van der Waals surface area (Å²) in [4.78, 5) is 38.1. The molecule has 0 aliphatic rings. The lowest BCUT2D eigenvalue weighted by Gasteiger charge is -2.28. The topological polar surface area (TPSA) is 111 Å². The van der Waals surface area contributed by atoms with Crippen LogP contribution in [0.4, 0.5) is 0 Å². The molecule has 524 valence electrons. The molecule has 2 atom stereocenters. The Morgan fingerprint density at radius 3 is 0.870 bits per heavy atom. The molecule has 0 fully saturated rings. The third kappa shape index (κ3) is 74.7. The molecule has 0 radical (unpaired) electrons. The van der Waals surface area contributed by atoms with Gasteiger partial charge in [0.05, 0.1) is 27.7 Å². The van der Waals surface area contributed by atoms with Crippen molar-refractivity contribution in [1.29, 1.82) is 0 Å². The summed E-state index contributed by atoms with van der Waals surface area (Å²) in [5.41, 5.74) is 0. The van der Waals surface area contributed by atoms with Gasteiger partial charge < -0.3 is 27.9 Å². The van der Waals surface area contributed by atoms with E-state index < -0.39 is 32.5 Å². The highest BCUT2D eigenvalue weighted by atomic mass is 31.2. The standard InChI is InChI=1S/C82H138NO8P/c1-6-8-10-12-14-16-18-20-22-24-26-28-30-32-34-36-37-38-39-40-41-42-43-44-45-47-48-50-52-54-56-58-60-62-64-66-68-70-72-74-81(84)88-78-80(79-90-92(86,87)89-77-76-83(3,4)5)91-82(85)75-73-71-69-67-65-63-61-59-57-55-53-51-49-46-35-33-31-29-27-25-23-21-19-17-15-13-11-9-7-2/h8-11,14-17,20-23,26-29,32-35,49,51,55,57,61,63,80H,6-7,12-13,18-19,24-25,30-31,36-48,50,52-54,56,58-60,62,64-79H2,1-5H3/b10-8-,11-9-,16-14-,17-15-,22-20-,23-21-,28-26-,29-27-,34-32-,35-33-,51-49-,57-55-,63-61-. The molecule has 0 N–H and O–H groups in total. The number of carbonyl (C=O) groups is 2. The Morgan fingerprint density at radius 1 is 0.337 bits per heavy atom. The van der Waals surface area contributed by atoms with Crippen LogP contribution in [0.1, 0.15) is 296 Å². The molecule has 0 bridgehead atoms. The Bertz CT molecular complexity index is 2110. The molecular weight excluding hydrogens is 1160 g/mol. The van der Waals surface area contributed by atoms with E-state index in [1.54, 1.807) is 0 Å². The van der Waals surface area contributed by atoms with Crippen LogP contribution in [0.3, 0.4) is 0 Å². The van der Waals surface area contributed by atoms with E-state index in [2.05, 4.69) is 172 Å². The van der Waals surface area contributed by atoms with E-state index in [-0.39, 0.29) is 26.1 Å². The third-order valence-electron chi connectivity index (χ3n) is 15.5.